The summed E-state index contributed by atoms with van der Waals surface area (Å²) in [5.74, 6) is 0. The number of allylic oxidation sites excluding steroid dienone is 3. The SMILES string of the molecule is C=C(Br)/C=C(/Br)C(=C)NC(=S)c1ccccc1. The summed E-state index contributed by atoms with van der Waals surface area (Å²) in [5.41, 5.74) is 1.65. The highest BCUT2D eigenvalue weighted by Gasteiger charge is 2.04. The molecule has 0 radical (unpaired) electrons. The summed E-state index contributed by atoms with van der Waals surface area (Å²) in [6, 6.07) is 9.73. The zero-order valence-corrected chi connectivity index (χ0v) is 13.0. The summed E-state index contributed by atoms with van der Waals surface area (Å²) in [7, 11) is 0. The van der Waals surface area contributed by atoms with Crippen LogP contribution in [0.15, 0.2) is 64.2 Å². The minimum Gasteiger partial charge on any atom is -0.346 e. The standard InChI is InChI=1S/C13H11Br2NS/c1-9(14)8-12(15)10(2)16-13(17)11-6-4-3-5-7-11/h3-8H,1-2H2,(H,16,17)/b12-8+. The van der Waals surface area contributed by atoms with Crippen LogP contribution in [-0.4, -0.2) is 4.99 Å². The predicted octanol–water partition coefficient (Wildman–Crippen LogP) is 4.65. The molecule has 0 fully saturated rings. The Morgan fingerprint density at radius 3 is 2.29 bits per heavy atom. The Morgan fingerprint density at radius 2 is 1.76 bits per heavy atom. The maximum atomic E-state index is 5.28. The predicted molar refractivity (Wildman–Crippen MR) is 85.5 cm³/mol. The molecule has 0 aliphatic heterocycles. The van der Waals surface area contributed by atoms with Crippen LogP contribution in [0.1, 0.15) is 5.56 Å². The number of hydrogen-bond acceptors (Lipinski definition) is 1. The Hall–Kier alpha value is -0.710. The number of hydrogen-bond donors (Lipinski definition) is 1. The topological polar surface area (TPSA) is 12.0 Å². The summed E-state index contributed by atoms with van der Waals surface area (Å²) in [5, 5.41) is 3.06. The molecular formula is C13H11Br2NS. The van der Waals surface area contributed by atoms with E-state index in [0.29, 0.717) is 10.7 Å². The lowest BCUT2D eigenvalue weighted by atomic mass is 10.2. The molecule has 0 saturated carbocycles. The van der Waals surface area contributed by atoms with E-state index in [0.717, 1.165) is 14.5 Å². The second-order valence-corrected chi connectivity index (χ2v) is 5.52. The lowest BCUT2D eigenvalue weighted by molar-refractivity contribution is 1.21. The van der Waals surface area contributed by atoms with Gasteiger partial charge in [0.15, 0.2) is 0 Å². The van der Waals surface area contributed by atoms with Crippen LogP contribution in [0.25, 0.3) is 0 Å². The Morgan fingerprint density at radius 1 is 1.18 bits per heavy atom. The van der Waals surface area contributed by atoms with Crippen LogP contribution in [0, 0.1) is 0 Å². The minimum atomic E-state index is 0.640. The van der Waals surface area contributed by atoms with Crippen LogP contribution < -0.4 is 5.32 Å². The molecule has 1 N–H and O–H groups in total. The van der Waals surface area contributed by atoms with Gasteiger partial charge in [-0.15, -0.1) is 0 Å². The van der Waals surface area contributed by atoms with E-state index in [-0.39, 0.29) is 0 Å². The van der Waals surface area contributed by atoms with Crippen molar-refractivity contribution in [1.29, 1.82) is 0 Å². The van der Waals surface area contributed by atoms with Crippen molar-refractivity contribution >= 4 is 49.1 Å². The van der Waals surface area contributed by atoms with Crippen LogP contribution in [0.2, 0.25) is 0 Å². The van der Waals surface area contributed by atoms with E-state index in [1.165, 1.54) is 0 Å². The van der Waals surface area contributed by atoms with Gasteiger partial charge in [0, 0.05) is 20.2 Å². The quantitative estimate of drug-likeness (QED) is 0.609. The number of halogens is 2. The van der Waals surface area contributed by atoms with Gasteiger partial charge >= 0.3 is 0 Å². The van der Waals surface area contributed by atoms with Gasteiger partial charge in [-0.05, 0) is 22.0 Å². The van der Waals surface area contributed by atoms with Crippen molar-refractivity contribution < 1.29 is 0 Å². The molecule has 88 valence electrons. The molecule has 1 nitrogen and oxygen atoms in total. The molecule has 0 spiro atoms. The molecular weight excluding hydrogens is 362 g/mol. The molecule has 0 amide bonds. The number of nitrogens with one attached hydrogen (secondary N) is 1. The van der Waals surface area contributed by atoms with Gasteiger partial charge in [0.1, 0.15) is 4.99 Å². The first-order valence-electron chi connectivity index (χ1n) is 4.78. The van der Waals surface area contributed by atoms with Gasteiger partial charge in [0.2, 0.25) is 0 Å². The highest BCUT2D eigenvalue weighted by molar-refractivity contribution is 9.12. The van der Waals surface area contributed by atoms with E-state index >= 15 is 0 Å². The first-order chi connectivity index (χ1) is 8.00. The largest absolute Gasteiger partial charge is 0.346 e. The molecule has 0 atom stereocenters. The van der Waals surface area contributed by atoms with Crippen LogP contribution in [0.5, 0.6) is 0 Å². The fourth-order valence-corrected chi connectivity index (χ4v) is 2.25. The zero-order valence-electron chi connectivity index (χ0n) is 9.04. The number of benzene rings is 1. The van der Waals surface area contributed by atoms with E-state index in [4.69, 9.17) is 12.2 Å². The van der Waals surface area contributed by atoms with Gasteiger partial charge in [-0.3, -0.25) is 0 Å². The van der Waals surface area contributed by atoms with Crippen LogP contribution >= 0.6 is 44.1 Å². The van der Waals surface area contributed by atoms with Crippen LogP contribution in [-0.2, 0) is 0 Å². The lowest BCUT2D eigenvalue weighted by Gasteiger charge is -2.10. The fraction of sp³-hybridized carbons (Fsp3) is 0. The van der Waals surface area contributed by atoms with Crippen molar-refractivity contribution in [1.82, 2.24) is 5.32 Å². The van der Waals surface area contributed by atoms with Crippen molar-refractivity contribution in [2.75, 3.05) is 0 Å². The third kappa shape index (κ3) is 4.98. The van der Waals surface area contributed by atoms with E-state index in [1.54, 1.807) is 0 Å². The van der Waals surface area contributed by atoms with E-state index in [1.807, 2.05) is 36.4 Å². The Kier molecular flexibility index (Phi) is 5.82. The molecule has 17 heavy (non-hydrogen) atoms. The normalized spacial score (nSPS) is 10.8. The summed E-state index contributed by atoms with van der Waals surface area (Å²) in [4.78, 5) is 0.640. The van der Waals surface area contributed by atoms with Gasteiger partial charge in [-0.1, -0.05) is 71.6 Å². The van der Waals surface area contributed by atoms with Crippen molar-refractivity contribution in [3.63, 3.8) is 0 Å². The van der Waals surface area contributed by atoms with Gasteiger partial charge < -0.3 is 5.32 Å². The van der Waals surface area contributed by atoms with Crippen molar-refractivity contribution in [3.05, 3.63) is 69.8 Å². The first-order valence-corrected chi connectivity index (χ1v) is 6.77. The number of rotatable bonds is 4. The molecule has 0 bridgehead atoms. The first kappa shape index (κ1) is 14.4. The zero-order chi connectivity index (χ0) is 12.8. The Balaban J connectivity index is 2.71. The monoisotopic (exact) mass is 371 g/mol. The lowest BCUT2D eigenvalue weighted by Crippen LogP contribution is -2.21. The molecule has 0 aliphatic carbocycles. The van der Waals surface area contributed by atoms with Gasteiger partial charge in [-0.2, -0.15) is 0 Å². The second kappa shape index (κ2) is 6.89. The second-order valence-electron chi connectivity index (χ2n) is 3.24. The van der Waals surface area contributed by atoms with E-state index in [2.05, 4.69) is 50.3 Å². The Labute approximate surface area is 124 Å². The third-order valence-electron chi connectivity index (χ3n) is 1.87. The summed E-state index contributed by atoms with van der Waals surface area (Å²) >= 11 is 11.9. The molecule has 1 rings (SSSR count). The van der Waals surface area contributed by atoms with Crippen molar-refractivity contribution in [3.8, 4) is 0 Å². The smallest absolute Gasteiger partial charge is 0.110 e. The summed E-state index contributed by atoms with van der Waals surface area (Å²) in [6.45, 7) is 7.62. The van der Waals surface area contributed by atoms with Crippen LogP contribution in [0.4, 0.5) is 0 Å². The van der Waals surface area contributed by atoms with Gasteiger partial charge in [0.25, 0.3) is 0 Å². The molecule has 1 aromatic carbocycles. The molecule has 0 unspecified atom stereocenters. The van der Waals surface area contributed by atoms with Gasteiger partial charge in [0.05, 0.1) is 0 Å². The highest BCUT2D eigenvalue weighted by atomic mass is 79.9. The summed E-state index contributed by atoms with van der Waals surface area (Å²) < 4.78 is 1.57. The minimum absolute atomic E-state index is 0.640. The van der Waals surface area contributed by atoms with Crippen LogP contribution in [0.3, 0.4) is 0 Å². The van der Waals surface area contributed by atoms with E-state index in [9.17, 15) is 0 Å². The average Bonchev–Trinajstić information content (AvgIpc) is 2.29. The molecule has 0 saturated heterocycles. The molecule has 1 aromatic rings. The maximum Gasteiger partial charge on any atom is 0.110 e. The summed E-state index contributed by atoms with van der Waals surface area (Å²) in [6.07, 6.45) is 1.81. The molecule has 0 aliphatic rings. The van der Waals surface area contributed by atoms with Crippen molar-refractivity contribution in [2.24, 2.45) is 0 Å². The van der Waals surface area contributed by atoms with Gasteiger partial charge in [-0.25, -0.2) is 0 Å². The Bertz CT molecular complexity index is 477. The van der Waals surface area contributed by atoms with Crippen molar-refractivity contribution in [2.45, 2.75) is 0 Å². The third-order valence-corrected chi connectivity index (χ3v) is 3.15. The van der Waals surface area contributed by atoms with E-state index < -0.39 is 0 Å². The highest BCUT2D eigenvalue weighted by Crippen LogP contribution is 2.18. The molecule has 0 heterocycles. The molecule has 4 heteroatoms. The fourth-order valence-electron chi connectivity index (χ4n) is 1.08. The number of thiocarbonyl (C=S) groups is 1. The molecule has 0 aromatic heterocycles. The average molecular weight is 373 g/mol. The maximum absolute atomic E-state index is 5.28.